The number of aryl methyl sites for hydroxylation is 1. The lowest BCUT2D eigenvalue weighted by molar-refractivity contribution is 0.648. The number of hydrogen-bond acceptors (Lipinski definition) is 3. The Bertz CT molecular complexity index is 238. The standard InChI is InChI=1S/C5H9N5/c1-10-8-3-4(9-10)2-5(6)7/h3H,2H2,1H3,(H3,6,7). The molecular weight excluding hydrogens is 130 g/mol. The third kappa shape index (κ3) is 1.54. The molecule has 0 aromatic carbocycles. The smallest absolute Gasteiger partial charge is 0.0967 e. The first-order chi connectivity index (χ1) is 4.68. The first-order valence-electron chi connectivity index (χ1n) is 2.86. The van der Waals surface area contributed by atoms with Crippen molar-refractivity contribution in [1.29, 1.82) is 5.41 Å². The third-order valence-corrected chi connectivity index (χ3v) is 1.02. The Morgan fingerprint density at radius 1 is 1.90 bits per heavy atom. The maximum atomic E-state index is 6.94. The normalized spacial score (nSPS) is 9.70. The first kappa shape index (κ1) is 6.73. The fraction of sp³-hybridized carbons (Fsp3) is 0.400. The largest absolute Gasteiger partial charge is 0.387 e. The van der Waals surface area contributed by atoms with Crippen molar-refractivity contribution in [2.24, 2.45) is 12.8 Å². The molecule has 10 heavy (non-hydrogen) atoms. The van der Waals surface area contributed by atoms with Crippen molar-refractivity contribution >= 4 is 5.84 Å². The molecule has 0 amide bonds. The maximum Gasteiger partial charge on any atom is 0.0967 e. The molecule has 0 spiro atoms. The quantitative estimate of drug-likeness (QED) is 0.419. The van der Waals surface area contributed by atoms with Gasteiger partial charge >= 0.3 is 0 Å². The third-order valence-electron chi connectivity index (χ3n) is 1.02. The number of nitrogens with one attached hydrogen (secondary N) is 1. The van der Waals surface area contributed by atoms with Gasteiger partial charge in [-0.1, -0.05) is 0 Å². The lowest BCUT2D eigenvalue weighted by Crippen LogP contribution is -2.13. The summed E-state index contributed by atoms with van der Waals surface area (Å²) in [6, 6.07) is 0. The van der Waals surface area contributed by atoms with E-state index in [2.05, 4.69) is 10.2 Å². The van der Waals surface area contributed by atoms with Crippen LogP contribution in [0, 0.1) is 5.41 Å². The summed E-state index contributed by atoms with van der Waals surface area (Å²) in [5.41, 5.74) is 5.87. The Morgan fingerprint density at radius 2 is 2.60 bits per heavy atom. The van der Waals surface area contributed by atoms with Gasteiger partial charge in [0.15, 0.2) is 0 Å². The van der Waals surface area contributed by atoms with Crippen LogP contribution in [0.5, 0.6) is 0 Å². The predicted molar refractivity (Wildman–Crippen MR) is 36.6 cm³/mol. The molecule has 0 saturated carbocycles. The summed E-state index contributed by atoms with van der Waals surface area (Å²) in [7, 11) is 1.73. The number of nitrogens with two attached hydrogens (primary N) is 1. The SMILES string of the molecule is Cn1ncc(CC(=N)N)n1. The van der Waals surface area contributed by atoms with E-state index in [9.17, 15) is 0 Å². The molecule has 54 valence electrons. The Hall–Kier alpha value is -1.39. The number of amidine groups is 1. The van der Waals surface area contributed by atoms with Crippen LogP contribution in [0.2, 0.25) is 0 Å². The second kappa shape index (κ2) is 2.47. The van der Waals surface area contributed by atoms with Gasteiger partial charge in [0.2, 0.25) is 0 Å². The van der Waals surface area contributed by atoms with E-state index in [0.717, 1.165) is 5.69 Å². The van der Waals surface area contributed by atoms with Crippen LogP contribution < -0.4 is 5.73 Å². The van der Waals surface area contributed by atoms with Crippen molar-refractivity contribution < 1.29 is 0 Å². The van der Waals surface area contributed by atoms with Gasteiger partial charge in [0.1, 0.15) is 0 Å². The van der Waals surface area contributed by atoms with Crippen molar-refractivity contribution in [3.8, 4) is 0 Å². The number of aromatic nitrogens is 3. The minimum absolute atomic E-state index is 0.112. The van der Waals surface area contributed by atoms with Crippen LogP contribution in [-0.4, -0.2) is 20.8 Å². The molecule has 0 unspecified atom stereocenters. The Kier molecular flexibility index (Phi) is 1.66. The monoisotopic (exact) mass is 139 g/mol. The van der Waals surface area contributed by atoms with Crippen molar-refractivity contribution in [2.75, 3.05) is 0 Å². The van der Waals surface area contributed by atoms with Crippen LogP contribution in [0.4, 0.5) is 0 Å². The van der Waals surface area contributed by atoms with Crippen LogP contribution in [0.1, 0.15) is 5.69 Å². The van der Waals surface area contributed by atoms with E-state index >= 15 is 0 Å². The molecule has 5 nitrogen and oxygen atoms in total. The first-order valence-corrected chi connectivity index (χ1v) is 2.86. The van der Waals surface area contributed by atoms with E-state index in [0.29, 0.717) is 6.42 Å². The van der Waals surface area contributed by atoms with Crippen molar-refractivity contribution in [2.45, 2.75) is 6.42 Å². The van der Waals surface area contributed by atoms with Gasteiger partial charge in [0, 0.05) is 7.05 Å². The van der Waals surface area contributed by atoms with Gasteiger partial charge in [0.25, 0.3) is 0 Å². The molecule has 0 bridgehead atoms. The zero-order chi connectivity index (χ0) is 7.56. The molecular formula is C5H9N5. The van der Waals surface area contributed by atoms with E-state index in [1.54, 1.807) is 13.2 Å². The summed E-state index contributed by atoms with van der Waals surface area (Å²) in [6.45, 7) is 0. The topological polar surface area (TPSA) is 80.6 Å². The van der Waals surface area contributed by atoms with Crippen molar-refractivity contribution in [1.82, 2.24) is 15.0 Å². The number of nitrogens with zero attached hydrogens (tertiary/aromatic N) is 3. The van der Waals surface area contributed by atoms with Crippen LogP contribution in [0.3, 0.4) is 0 Å². The van der Waals surface area contributed by atoms with Crippen LogP contribution in [0.25, 0.3) is 0 Å². The van der Waals surface area contributed by atoms with Gasteiger partial charge in [-0.3, -0.25) is 5.41 Å². The van der Waals surface area contributed by atoms with Gasteiger partial charge in [0.05, 0.1) is 24.1 Å². The molecule has 0 aliphatic carbocycles. The summed E-state index contributed by atoms with van der Waals surface area (Å²) < 4.78 is 0. The zero-order valence-corrected chi connectivity index (χ0v) is 5.70. The lowest BCUT2D eigenvalue weighted by atomic mass is 10.3. The van der Waals surface area contributed by atoms with Crippen molar-refractivity contribution in [3.05, 3.63) is 11.9 Å². The Morgan fingerprint density at radius 3 is 3.00 bits per heavy atom. The second-order valence-corrected chi connectivity index (χ2v) is 2.03. The van der Waals surface area contributed by atoms with Crippen LogP contribution in [-0.2, 0) is 13.5 Å². The molecule has 3 N–H and O–H groups in total. The van der Waals surface area contributed by atoms with E-state index in [1.165, 1.54) is 4.80 Å². The highest BCUT2D eigenvalue weighted by molar-refractivity contribution is 5.78. The fourth-order valence-corrected chi connectivity index (χ4v) is 0.664. The lowest BCUT2D eigenvalue weighted by Gasteiger charge is -1.89. The molecule has 0 fully saturated rings. The molecule has 5 heteroatoms. The summed E-state index contributed by atoms with van der Waals surface area (Å²) in [4.78, 5) is 1.44. The molecule has 1 heterocycles. The van der Waals surface area contributed by atoms with E-state index < -0.39 is 0 Å². The number of rotatable bonds is 2. The molecule has 1 aromatic heterocycles. The van der Waals surface area contributed by atoms with E-state index in [-0.39, 0.29) is 5.84 Å². The Balaban J connectivity index is 2.67. The molecule has 0 aliphatic rings. The summed E-state index contributed by atoms with van der Waals surface area (Å²) in [5.74, 6) is 0.112. The van der Waals surface area contributed by atoms with Gasteiger partial charge in [-0.2, -0.15) is 15.0 Å². The molecule has 0 atom stereocenters. The van der Waals surface area contributed by atoms with Gasteiger partial charge in [-0.05, 0) is 0 Å². The minimum atomic E-state index is 0.112. The minimum Gasteiger partial charge on any atom is -0.387 e. The molecule has 0 aliphatic heterocycles. The average Bonchev–Trinajstić information content (AvgIpc) is 2.13. The molecule has 0 saturated heterocycles. The molecule has 1 aromatic rings. The summed E-state index contributed by atoms with van der Waals surface area (Å²) >= 11 is 0. The second-order valence-electron chi connectivity index (χ2n) is 2.03. The fourth-order valence-electron chi connectivity index (χ4n) is 0.664. The number of hydrogen-bond donors (Lipinski definition) is 2. The average molecular weight is 139 g/mol. The van der Waals surface area contributed by atoms with Crippen LogP contribution in [0.15, 0.2) is 6.20 Å². The van der Waals surface area contributed by atoms with E-state index in [1.807, 2.05) is 0 Å². The molecule has 1 rings (SSSR count). The predicted octanol–water partition coefficient (Wildman–Crippen LogP) is -0.706. The van der Waals surface area contributed by atoms with Crippen LogP contribution >= 0.6 is 0 Å². The summed E-state index contributed by atoms with van der Waals surface area (Å²) in [6.07, 6.45) is 1.98. The molecule has 0 radical (unpaired) electrons. The Labute approximate surface area is 58.3 Å². The van der Waals surface area contributed by atoms with Crippen molar-refractivity contribution in [3.63, 3.8) is 0 Å². The summed E-state index contributed by atoms with van der Waals surface area (Å²) in [5, 5.41) is 14.7. The van der Waals surface area contributed by atoms with Gasteiger partial charge in [-0.15, -0.1) is 0 Å². The highest BCUT2D eigenvalue weighted by atomic mass is 15.4. The van der Waals surface area contributed by atoms with Gasteiger partial charge in [-0.25, -0.2) is 0 Å². The zero-order valence-electron chi connectivity index (χ0n) is 5.70. The van der Waals surface area contributed by atoms with E-state index in [4.69, 9.17) is 11.1 Å². The van der Waals surface area contributed by atoms with Gasteiger partial charge < -0.3 is 5.73 Å². The highest BCUT2D eigenvalue weighted by Gasteiger charge is 1.97. The highest BCUT2D eigenvalue weighted by Crippen LogP contribution is 1.89. The maximum absolute atomic E-state index is 6.94.